The topological polar surface area (TPSA) is 79.3 Å². The fraction of sp³-hybridized carbons (Fsp3) is 0.583. The molecule has 5 nitrogen and oxygen atoms in total. The molecule has 1 heterocycles. The minimum absolute atomic E-state index is 0.0775. The first-order valence-electron chi connectivity index (χ1n) is 5.95. The zero-order chi connectivity index (χ0) is 13.5. The van der Waals surface area contributed by atoms with E-state index in [1.807, 2.05) is 19.2 Å². The van der Waals surface area contributed by atoms with E-state index in [0.29, 0.717) is 12.8 Å². The van der Waals surface area contributed by atoms with Gasteiger partial charge in [0.15, 0.2) is 0 Å². The van der Waals surface area contributed by atoms with Crippen molar-refractivity contribution >= 4 is 23.2 Å². The highest BCUT2D eigenvalue weighted by atomic mass is 32.1. The summed E-state index contributed by atoms with van der Waals surface area (Å²) in [6.45, 7) is 3.72. The van der Waals surface area contributed by atoms with E-state index in [1.165, 1.54) is 11.3 Å². The zero-order valence-corrected chi connectivity index (χ0v) is 11.4. The van der Waals surface area contributed by atoms with Crippen molar-refractivity contribution in [2.75, 3.05) is 0 Å². The number of aliphatic carboxylic acids is 1. The number of carbonyl (C=O) groups excluding carboxylic acids is 1. The lowest BCUT2D eigenvalue weighted by Crippen LogP contribution is -2.45. The Morgan fingerprint density at radius 1 is 1.56 bits per heavy atom. The lowest BCUT2D eigenvalue weighted by atomic mass is 9.99. The Morgan fingerprint density at radius 2 is 2.28 bits per heavy atom. The van der Waals surface area contributed by atoms with Crippen molar-refractivity contribution in [3.63, 3.8) is 0 Å². The van der Waals surface area contributed by atoms with Gasteiger partial charge in [-0.05, 0) is 5.92 Å². The minimum Gasteiger partial charge on any atom is -0.480 e. The Labute approximate surface area is 110 Å². The van der Waals surface area contributed by atoms with Crippen LogP contribution in [0.25, 0.3) is 0 Å². The van der Waals surface area contributed by atoms with Gasteiger partial charge in [-0.3, -0.25) is 4.79 Å². The van der Waals surface area contributed by atoms with Crippen LogP contribution in [0.1, 0.15) is 31.7 Å². The molecule has 6 heteroatoms. The molecule has 2 unspecified atom stereocenters. The molecular weight excluding hydrogens is 252 g/mol. The van der Waals surface area contributed by atoms with E-state index in [9.17, 15) is 9.59 Å². The van der Waals surface area contributed by atoms with Crippen molar-refractivity contribution in [2.45, 2.75) is 39.2 Å². The number of thiazole rings is 1. The van der Waals surface area contributed by atoms with Crippen LogP contribution in [0, 0.1) is 5.92 Å². The molecule has 0 saturated heterocycles. The normalized spacial score (nSPS) is 13.9. The average Bonchev–Trinajstić information content (AvgIpc) is 2.85. The number of carboxylic acids is 1. The molecule has 0 radical (unpaired) electrons. The Morgan fingerprint density at radius 3 is 2.78 bits per heavy atom. The van der Waals surface area contributed by atoms with Gasteiger partial charge in [0.1, 0.15) is 6.04 Å². The van der Waals surface area contributed by atoms with E-state index in [1.54, 1.807) is 6.20 Å². The lowest BCUT2D eigenvalue weighted by molar-refractivity contribution is -0.143. The summed E-state index contributed by atoms with van der Waals surface area (Å²) in [6.07, 6.45) is 3.23. The molecule has 1 aromatic rings. The van der Waals surface area contributed by atoms with Crippen molar-refractivity contribution in [3.05, 3.63) is 16.6 Å². The lowest BCUT2D eigenvalue weighted by Gasteiger charge is -2.19. The number of hydrogen-bond acceptors (Lipinski definition) is 4. The van der Waals surface area contributed by atoms with Gasteiger partial charge in [0.25, 0.3) is 0 Å². The first kappa shape index (κ1) is 14.6. The highest BCUT2D eigenvalue weighted by Gasteiger charge is 2.24. The fourth-order valence-electron chi connectivity index (χ4n) is 1.53. The van der Waals surface area contributed by atoms with E-state index in [2.05, 4.69) is 10.3 Å². The van der Waals surface area contributed by atoms with Gasteiger partial charge in [-0.25, -0.2) is 9.78 Å². The molecule has 18 heavy (non-hydrogen) atoms. The first-order chi connectivity index (χ1) is 8.54. The van der Waals surface area contributed by atoms with Gasteiger partial charge >= 0.3 is 5.97 Å². The van der Waals surface area contributed by atoms with E-state index in [-0.39, 0.29) is 18.2 Å². The minimum atomic E-state index is -0.980. The zero-order valence-electron chi connectivity index (χ0n) is 10.5. The Bertz CT molecular complexity index is 392. The molecule has 1 amide bonds. The molecule has 0 aliphatic heterocycles. The van der Waals surface area contributed by atoms with Crippen LogP contribution in [0.4, 0.5) is 0 Å². The molecule has 2 atom stereocenters. The molecule has 100 valence electrons. The molecule has 1 aromatic heterocycles. The van der Waals surface area contributed by atoms with E-state index < -0.39 is 12.0 Å². The van der Waals surface area contributed by atoms with Crippen LogP contribution in [-0.4, -0.2) is 28.0 Å². The van der Waals surface area contributed by atoms with Gasteiger partial charge in [0, 0.05) is 24.4 Å². The number of rotatable bonds is 7. The van der Waals surface area contributed by atoms with Gasteiger partial charge < -0.3 is 10.4 Å². The summed E-state index contributed by atoms with van der Waals surface area (Å²) < 4.78 is 0. The van der Waals surface area contributed by atoms with Crippen LogP contribution in [-0.2, 0) is 16.0 Å². The number of carbonyl (C=O) groups is 2. The summed E-state index contributed by atoms with van der Waals surface area (Å²) in [5, 5.41) is 14.4. The van der Waals surface area contributed by atoms with Crippen molar-refractivity contribution in [3.8, 4) is 0 Å². The summed E-state index contributed by atoms with van der Waals surface area (Å²) in [6, 6.07) is -0.807. The summed E-state index contributed by atoms with van der Waals surface area (Å²) >= 11 is 1.49. The maximum atomic E-state index is 11.7. The Hall–Kier alpha value is -1.43. The number of nitrogens with one attached hydrogen (secondary N) is 1. The number of amides is 1. The molecule has 1 rings (SSSR count). The number of aryl methyl sites for hydroxylation is 1. The second kappa shape index (κ2) is 7.10. The van der Waals surface area contributed by atoms with Crippen LogP contribution >= 0.6 is 11.3 Å². The summed E-state index contributed by atoms with van der Waals surface area (Å²) in [5.41, 5.74) is 0. The van der Waals surface area contributed by atoms with Gasteiger partial charge in [-0.1, -0.05) is 20.3 Å². The SMILES string of the molecule is CCC(C)C(NC(=O)CCc1nccs1)C(=O)O. The van der Waals surface area contributed by atoms with E-state index in [4.69, 9.17) is 5.11 Å². The largest absolute Gasteiger partial charge is 0.480 e. The number of hydrogen-bond donors (Lipinski definition) is 2. The Kier molecular flexibility index (Phi) is 5.77. The summed E-state index contributed by atoms with van der Waals surface area (Å²) in [4.78, 5) is 26.8. The van der Waals surface area contributed by atoms with Crippen LogP contribution < -0.4 is 5.32 Å². The highest BCUT2D eigenvalue weighted by Crippen LogP contribution is 2.10. The molecule has 0 aromatic carbocycles. The number of nitrogens with zero attached hydrogens (tertiary/aromatic N) is 1. The Balaban J connectivity index is 2.44. The van der Waals surface area contributed by atoms with Crippen molar-refractivity contribution in [1.82, 2.24) is 10.3 Å². The number of aromatic nitrogens is 1. The monoisotopic (exact) mass is 270 g/mol. The van der Waals surface area contributed by atoms with E-state index in [0.717, 1.165) is 5.01 Å². The molecule has 0 aliphatic carbocycles. The third-order valence-corrected chi connectivity index (χ3v) is 3.68. The molecule has 0 bridgehead atoms. The second-order valence-electron chi connectivity index (χ2n) is 4.19. The molecule has 0 fully saturated rings. The second-order valence-corrected chi connectivity index (χ2v) is 5.17. The summed E-state index contributed by atoms with van der Waals surface area (Å²) in [7, 11) is 0. The van der Waals surface area contributed by atoms with Crippen LogP contribution in [0.15, 0.2) is 11.6 Å². The molecule has 2 N–H and O–H groups in total. The summed E-state index contributed by atoms with van der Waals surface area (Å²) in [5.74, 6) is -1.30. The third kappa shape index (κ3) is 4.44. The molecule has 0 aliphatic rings. The van der Waals surface area contributed by atoms with Gasteiger partial charge in [0.2, 0.25) is 5.91 Å². The third-order valence-electron chi connectivity index (χ3n) is 2.84. The van der Waals surface area contributed by atoms with Crippen molar-refractivity contribution in [1.29, 1.82) is 0 Å². The fourth-order valence-corrected chi connectivity index (χ4v) is 2.15. The van der Waals surface area contributed by atoms with E-state index >= 15 is 0 Å². The predicted octanol–water partition coefficient (Wildman–Crippen LogP) is 1.69. The van der Waals surface area contributed by atoms with Crippen LogP contribution in [0.2, 0.25) is 0 Å². The highest BCUT2D eigenvalue weighted by molar-refractivity contribution is 7.09. The first-order valence-corrected chi connectivity index (χ1v) is 6.83. The van der Waals surface area contributed by atoms with Crippen molar-refractivity contribution in [2.24, 2.45) is 5.92 Å². The van der Waals surface area contributed by atoms with Gasteiger partial charge in [-0.15, -0.1) is 11.3 Å². The molecule has 0 saturated carbocycles. The number of carboxylic acid groups (broad SMARTS) is 1. The van der Waals surface area contributed by atoms with Gasteiger partial charge in [-0.2, -0.15) is 0 Å². The smallest absolute Gasteiger partial charge is 0.326 e. The standard InChI is InChI=1S/C12H18N2O3S/c1-3-8(2)11(12(16)17)14-9(15)4-5-10-13-6-7-18-10/h6-8,11H,3-5H2,1-2H3,(H,14,15)(H,16,17). The quantitative estimate of drug-likeness (QED) is 0.790. The molecule has 0 spiro atoms. The average molecular weight is 270 g/mol. The van der Waals surface area contributed by atoms with Crippen molar-refractivity contribution < 1.29 is 14.7 Å². The van der Waals surface area contributed by atoms with Crippen LogP contribution in [0.5, 0.6) is 0 Å². The molecular formula is C12H18N2O3S. The van der Waals surface area contributed by atoms with Crippen LogP contribution in [0.3, 0.4) is 0 Å². The predicted molar refractivity (Wildman–Crippen MR) is 69.5 cm³/mol. The van der Waals surface area contributed by atoms with Gasteiger partial charge in [0.05, 0.1) is 5.01 Å². The maximum absolute atomic E-state index is 11.7. The maximum Gasteiger partial charge on any atom is 0.326 e.